The monoisotopic (exact) mass is 246 g/mol. The molecule has 1 aromatic heterocycles. The Bertz CT molecular complexity index is 563. The standard InChI is InChI=1S/C13H14N2OS/c1-15-6-4-11(13(15)16)14-10-2-3-12-9(8-10)5-7-17-12/h2-3,5,7-8,11,14H,4,6H2,1H3. The van der Waals surface area contributed by atoms with Gasteiger partial charge in [0.25, 0.3) is 0 Å². The number of nitrogens with one attached hydrogen (secondary N) is 1. The summed E-state index contributed by atoms with van der Waals surface area (Å²) < 4.78 is 1.28. The van der Waals surface area contributed by atoms with E-state index >= 15 is 0 Å². The molecule has 3 nitrogen and oxygen atoms in total. The van der Waals surface area contributed by atoms with Crippen LogP contribution in [0.3, 0.4) is 0 Å². The van der Waals surface area contributed by atoms with Gasteiger partial charge in [-0.1, -0.05) is 0 Å². The van der Waals surface area contributed by atoms with E-state index in [1.54, 1.807) is 16.2 Å². The fourth-order valence-corrected chi connectivity index (χ4v) is 2.98. The van der Waals surface area contributed by atoms with Crippen LogP contribution in [0.4, 0.5) is 5.69 Å². The van der Waals surface area contributed by atoms with Gasteiger partial charge in [0, 0.05) is 24.0 Å². The van der Waals surface area contributed by atoms with Crippen LogP contribution in [0.2, 0.25) is 0 Å². The number of likely N-dealkylation sites (tertiary alicyclic amines) is 1. The second-order valence-electron chi connectivity index (χ2n) is 4.42. The quantitative estimate of drug-likeness (QED) is 0.883. The van der Waals surface area contributed by atoms with Crippen LogP contribution in [0.15, 0.2) is 29.6 Å². The lowest BCUT2D eigenvalue weighted by Gasteiger charge is -2.13. The van der Waals surface area contributed by atoms with Crippen molar-refractivity contribution in [1.29, 1.82) is 0 Å². The van der Waals surface area contributed by atoms with Gasteiger partial charge in [-0.05, 0) is 41.5 Å². The zero-order chi connectivity index (χ0) is 11.8. The van der Waals surface area contributed by atoms with Crippen LogP contribution in [0.5, 0.6) is 0 Å². The fraction of sp³-hybridized carbons (Fsp3) is 0.308. The van der Waals surface area contributed by atoms with Gasteiger partial charge in [0.2, 0.25) is 5.91 Å². The first-order valence-corrected chi connectivity index (χ1v) is 6.61. The zero-order valence-corrected chi connectivity index (χ0v) is 10.5. The topological polar surface area (TPSA) is 32.3 Å². The van der Waals surface area contributed by atoms with Crippen LogP contribution >= 0.6 is 11.3 Å². The van der Waals surface area contributed by atoms with Crippen LogP contribution in [0.25, 0.3) is 10.1 Å². The molecule has 1 unspecified atom stereocenters. The van der Waals surface area contributed by atoms with Crippen LogP contribution in [-0.4, -0.2) is 30.4 Å². The van der Waals surface area contributed by atoms with Gasteiger partial charge in [-0.15, -0.1) is 11.3 Å². The number of benzene rings is 1. The van der Waals surface area contributed by atoms with Gasteiger partial charge in [-0.2, -0.15) is 0 Å². The van der Waals surface area contributed by atoms with Gasteiger partial charge in [0.05, 0.1) is 0 Å². The highest BCUT2D eigenvalue weighted by Gasteiger charge is 2.28. The molecule has 88 valence electrons. The summed E-state index contributed by atoms with van der Waals surface area (Å²) in [4.78, 5) is 13.6. The molecule has 2 heterocycles. The third kappa shape index (κ3) is 1.89. The van der Waals surface area contributed by atoms with Crippen LogP contribution in [0, 0.1) is 0 Å². The van der Waals surface area contributed by atoms with Crippen molar-refractivity contribution in [3.8, 4) is 0 Å². The fourth-order valence-electron chi connectivity index (χ4n) is 2.21. The van der Waals surface area contributed by atoms with Gasteiger partial charge in [0.15, 0.2) is 0 Å². The molecule has 1 amide bonds. The van der Waals surface area contributed by atoms with Gasteiger partial charge in [-0.25, -0.2) is 0 Å². The van der Waals surface area contributed by atoms with Crippen molar-refractivity contribution in [3.63, 3.8) is 0 Å². The number of thiophene rings is 1. The number of amides is 1. The number of hydrogen-bond donors (Lipinski definition) is 1. The van der Waals surface area contributed by atoms with Crippen molar-refractivity contribution in [2.45, 2.75) is 12.5 Å². The highest BCUT2D eigenvalue weighted by atomic mass is 32.1. The molecule has 1 aliphatic heterocycles. The molecule has 0 radical (unpaired) electrons. The number of rotatable bonds is 2. The van der Waals surface area contributed by atoms with Gasteiger partial charge >= 0.3 is 0 Å². The predicted molar refractivity (Wildman–Crippen MR) is 71.5 cm³/mol. The Labute approximate surface area is 104 Å². The molecule has 2 aromatic rings. The highest BCUT2D eigenvalue weighted by Crippen LogP contribution is 2.25. The van der Waals surface area contributed by atoms with E-state index < -0.39 is 0 Å². The molecule has 0 saturated carbocycles. The minimum atomic E-state index is -0.0592. The zero-order valence-electron chi connectivity index (χ0n) is 9.64. The maximum absolute atomic E-state index is 11.8. The van der Waals surface area contributed by atoms with Crippen LogP contribution < -0.4 is 5.32 Å². The molecule has 1 atom stereocenters. The Kier molecular flexibility index (Phi) is 2.52. The predicted octanol–water partition coefficient (Wildman–Crippen LogP) is 2.54. The molecule has 3 rings (SSSR count). The van der Waals surface area contributed by atoms with E-state index in [1.807, 2.05) is 13.1 Å². The summed E-state index contributed by atoms with van der Waals surface area (Å²) in [5.41, 5.74) is 1.03. The van der Waals surface area contributed by atoms with E-state index in [0.29, 0.717) is 0 Å². The molecule has 1 fully saturated rings. The van der Waals surface area contributed by atoms with Gasteiger partial charge < -0.3 is 10.2 Å². The third-order valence-corrected chi connectivity index (χ3v) is 4.12. The van der Waals surface area contributed by atoms with Crippen molar-refractivity contribution in [2.75, 3.05) is 18.9 Å². The number of carbonyl (C=O) groups excluding carboxylic acids is 1. The van der Waals surface area contributed by atoms with E-state index in [2.05, 4.69) is 28.9 Å². The summed E-state index contributed by atoms with van der Waals surface area (Å²) in [6.45, 7) is 0.844. The lowest BCUT2D eigenvalue weighted by molar-refractivity contribution is -0.127. The first kappa shape index (κ1) is 10.6. The summed E-state index contributed by atoms with van der Waals surface area (Å²) in [6.07, 6.45) is 0.886. The molecule has 1 aromatic carbocycles. The van der Waals surface area contributed by atoms with Crippen molar-refractivity contribution in [2.24, 2.45) is 0 Å². The van der Waals surface area contributed by atoms with Crippen molar-refractivity contribution >= 4 is 33.0 Å². The van der Waals surface area contributed by atoms with Crippen molar-refractivity contribution < 1.29 is 4.79 Å². The van der Waals surface area contributed by atoms with E-state index in [9.17, 15) is 4.79 Å². The smallest absolute Gasteiger partial charge is 0.244 e. The number of fused-ring (bicyclic) bond motifs is 1. The minimum absolute atomic E-state index is 0.0592. The minimum Gasteiger partial charge on any atom is -0.374 e. The second-order valence-corrected chi connectivity index (χ2v) is 5.37. The Morgan fingerprint density at radius 1 is 1.41 bits per heavy atom. The van der Waals surface area contributed by atoms with Crippen molar-refractivity contribution in [3.05, 3.63) is 29.6 Å². The summed E-state index contributed by atoms with van der Waals surface area (Å²) in [6, 6.07) is 8.30. The molecule has 1 N–H and O–H groups in total. The molecule has 0 aliphatic carbocycles. The number of anilines is 1. The summed E-state index contributed by atoms with van der Waals surface area (Å²) >= 11 is 1.74. The summed E-state index contributed by atoms with van der Waals surface area (Å²) in [5, 5.41) is 6.64. The van der Waals surface area contributed by atoms with Crippen molar-refractivity contribution in [1.82, 2.24) is 4.90 Å². The van der Waals surface area contributed by atoms with Gasteiger partial charge in [0.1, 0.15) is 6.04 Å². The van der Waals surface area contributed by atoms with E-state index in [1.165, 1.54) is 10.1 Å². The molecular weight excluding hydrogens is 232 g/mol. The lowest BCUT2D eigenvalue weighted by Crippen LogP contribution is -2.30. The SMILES string of the molecule is CN1CCC(Nc2ccc3sccc3c2)C1=O. The van der Waals surface area contributed by atoms with E-state index in [-0.39, 0.29) is 11.9 Å². The third-order valence-electron chi connectivity index (χ3n) is 3.22. The Morgan fingerprint density at radius 3 is 3.06 bits per heavy atom. The number of likely N-dealkylation sites (N-methyl/N-ethyl adjacent to an activating group) is 1. The molecule has 1 aliphatic rings. The van der Waals surface area contributed by atoms with Crippen LogP contribution in [0.1, 0.15) is 6.42 Å². The number of hydrogen-bond acceptors (Lipinski definition) is 3. The van der Waals surface area contributed by atoms with Crippen LogP contribution in [-0.2, 0) is 4.79 Å². The summed E-state index contributed by atoms with van der Waals surface area (Å²) in [5.74, 6) is 0.190. The molecule has 0 spiro atoms. The van der Waals surface area contributed by atoms with E-state index in [0.717, 1.165) is 18.7 Å². The van der Waals surface area contributed by atoms with Gasteiger partial charge in [-0.3, -0.25) is 4.79 Å². The lowest BCUT2D eigenvalue weighted by atomic mass is 10.2. The Hall–Kier alpha value is -1.55. The second kappa shape index (κ2) is 4.04. The number of nitrogens with zero attached hydrogens (tertiary/aromatic N) is 1. The highest BCUT2D eigenvalue weighted by molar-refractivity contribution is 7.17. The molecule has 1 saturated heterocycles. The Balaban J connectivity index is 1.82. The molecule has 17 heavy (non-hydrogen) atoms. The largest absolute Gasteiger partial charge is 0.374 e. The maximum Gasteiger partial charge on any atom is 0.244 e. The first-order chi connectivity index (χ1) is 8.24. The normalized spacial score (nSPS) is 20.2. The number of carbonyl (C=O) groups is 1. The first-order valence-electron chi connectivity index (χ1n) is 5.73. The average Bonchev–Trinajstić information content (AvgIpc) is 2.90. The van der Waals surface area contributed by atoms with E-state index in [4.69, 9.17) is 0 Å². The molecule has 0 bridgehead atoms. The summed E-state index contributed by atoms with van der Waals surface area (Å²) in [7, 11) is 1.85. The average molecular weight is 246 g/mol. The Morgan fingerprint density at radius 2 is 2.29 bits per heavy atom. The molecule has 4 heteroatoms. The molecular formula is C13H14N2OS. The maximum atomic E-state index is 11.8.